The van der Waals surface area contributed by atoms with E-state index in [9.17, 15) is 19.7 Å². The van der Waals surface area contributed by atoms with E-state index in [0.29, 0.717) is 17.0 Å². The van der Waals surface area contributed by atoms with E-state index in [4.69, 9.17) is 4.84 Å². The topological polar surface area (TPSA) is 102 Å². The third kappa shape index (κ3) is 2.43. The fourth-order valence-electron chi connectivity index (χ4n) is 3.17. The Labute approximate surface area is 147 Å². The fraction of sp³-hybridized carbons (Fsp3) is 0.167. The van der Waals surface area contributed by atoms with Crippen LogP contribution in [0.4, 0.5) is 11.4 Å². The molecule has 4 rings (SSSR count). The average molecular weight is 351 g/mol. The Morgan fingerprint density at radius 2 is 1.73 bits per heavy atom. The van der Waals surface area contributed by atoms with Gasteiger partial charge >= 0.3 is 0 Å². The number of nitro benzene ring substituents is 1. The zero-order valence-corrected chi connectivity index (χ0v) is 13.5. The Balaban J connectivity index is 1.58. The molecule has 0 saturated carbocycles. The smallest absolute Gasteiger partial charge is 0.281 e. The van der Waals surface area contributed by atoms with Gasteiger partial charge in [0.05, 0.1) is 22.7 Å². The molecule has 1 fully saturated rings. The molecule has 130 valence electrons. The lowest BCUT2D eigenvalue weighted by molar-refractivity contribution is -0.384. The van der Waals surface area contributed by atoms with Gasteiger partial charge in [-0.25, -0.2) is 4.90 Å². The van der Waals surface area contributed by atoms with Gasteiger partial charge in [0, 0.05) is 18.6 Å². The number of benzene rings is 2. The first-order chi connectivity index (χ1) is 12.5. The maximum atomic E-state index is 12.9. The standard InChI is InChI=1S/C18H13N3O5/c22-16-11-18(17(23)20(16)13-4-2-1-3-5-13)10-15(19-26-18)12-6-8-14(9-7-12)21(24)25/h1-9H,10-11H2/t18-/m1/s1. The molecule has 26 heavy (non-hydrogen) atoms. The van der Waals surface area contributed by atoms with Crippen molar-refractivity contribution in [1.29, 1.82) is 0 Å². The van der Waals surface area contributed by atoms with E-state index in [1.807, 2.05) is 0 Å². The van der Waals surface area contributed by atoms with E-state index < -0.39 is 16.4 Å². The molecule has 2 aliphatic heterocycles. The van der Waals surface area contributed by atoms with Crippen LogP contribution in [0, 0.1) is 10.1 Å². The molecule has 1 saturated heterocycles. The van der Waals surface area contributed by atoms with Crippen molar-refractivity contribution >= 4 is 28.9 Å². The number of amides is 2. The van der Waals surface area contributed by atoms with Gasteiger partial charge in [-0.15, -0.1) is 0 Å². The van der Waals surface area contributed by atoms with Crippen LogP contribution in [0.15, 0.2) is 59.8 Å². The van der Waals surface area contributed by atoms with Crippen LogP contribution in [0.5, 0.6) is 0 Å². The summed E-state index contributed by atoms with van der Waals surface area (Å²) in [5.41, 5.74) is 0.211. The predicted molar refractivity (Wildman–Crippen MR) is 91.6 cm³/mol. The van der Waals surface area contributed by atoms with Crippen LogP contribution in [-0.4, -0.2) is 28.1 Å². The number of nitro groups is 1. The van der Waals surface area contributed by atoms with Gasteiger partial charge in [-0.1, -0.05) is 23.4 Å². The maximum Gasteiger partial charge on any atom is 0.281 e. The average Bonchev–Trinajstić information content (AvgIpc) is 3.17. The molecular weight excluding hydrogens is 338 g/mol. The van der Waals surface area contributed by atoms with E-state index in [1.54, 1.807) is 42.5 Å². The number of non-ortho nitro benzene ring substituents is 1. The quantitative estimate of drug-likeness (QED) is 0.480. The highest BCUT2D eigenvalue weighted by Gasteiger charge is 2.58. The lowest BCUT2D eigenvalue weighted by atomic mass is 9.92. The molecule has 0 aromatic heterocycles. The molecule has 2 aromatic carbocycles. The molecule has 1 spiro atoms. The van der Waals surface area contributed by atoms with Crippen LogP contribution >= 0.6 is 0 Å². The molecule has 2 aliphatic rings. The number of rotatable bonds is 3. The van der Waals surface area contributed by atoms with Gasteiger partial charge in [0.1, 0.15) is 0 Å². The minimum Gasteiger partial charge on any atom is -0.378 e. The minimum absolute atomic E-state index is 0.0367. The number of hydrogen-bond acceptors (Lipinski definition) is 6. The van der Waals surface area contributed by atoms with Crippen molar-refractivity contribution in [2.24, 2.45) is 5.16 Å². The summed E-state index contributed by atoms with van der Waals surface area (Å²) in [5.74, 6) is -0.796. The van der Waals surface area contributed by atoms with Gasteiger partial charge in [0.2, 0.25) is 11.5 Å². The Morgan fingerprint density at radius 1 is 1.04 bits per heavy atom. The second-order valence-electron chi connectivity index (χ2n) is 6.15. The number of oxime groups is 1. The summed E-state index contributed by atoms with van der Waals surface area (Å²) in [5, 5.41) is 14.7. The largest absolute Gasteiger partial charge is 0.378 e. The summed E-state index contributed by atoms with van der Waals surface area (Å²) in [4.78, 5) is 42.1. The summed E-state index contributed by atoms with van der Waals surface area (Å²) >= 11 is 0. The van der Waals surface area contributed by atoms with E-state index >= 15 is 0 Å². The number of imide groups is 1. The predicted octanol–water partition coefficient (Wildman–Crippen LogP) is 2.42. The highest BCUT2D eigenvalue weighted by molar-refractivity contribution is 6.25. The van der Waals surface area contributed by atoms with Crippen LogP contribution < -0.4 is 4.90 Å². The number of nitrogens with zero attached hydrogens (tertiary/aromatic N) is 3. The van der Waals surface area contributed by atoms with Gasteiger partial charge in [0.15, 0.2) is 0 Å². The molecule has 2 aromatic rings. The second kappa shape index (κ2) is 5.76. The Kier molecular flexibility index (Phi) is 3.54. The summed E-state index contributed by atoms with van der Waals surface area (Å²) in [6, 6.07) is 14.5. The molecule has 8 nitrogen and oxygen atoms in total. The molecular formula is C18H13N3O5. The van der Waals surface area contributed by atoms with Gasteiger partial charge < -0.3 is 4.84 Å². The first-order valence-electron chi connectivity index (χ1n) is 7.92. The first-order valence-corrected chi connectivity index (χ1v) is 7.92. The normalized spacial score (nSPS) is 21.8. The zero-order valence-electron chi connectivity index (χ0n) is 13.5. The molecule has 0 radical (unpaired) electrons. The fourth-order valence-corrected chi connectivity index (χ4v) is 3.17. The van der Waals surface area contributed by atoms with Crippen molar-refractivity contribution in [3.8, 4) is 0 Å². The summed E-state index contributed by atoms with van der Waals surface area (Å²) < 4.78 is 0. The van der Waals surface area contributed by atoms with Gasteiger partial charge in [-0.3, -0.25) is 19.7 Å². The van der Waals surface area contributed by atoms with Crippen molar-refractivity contribution in [3.05, 3.63) is 70.3 Å². The van der Waals surface area contributed by atoms with E-state index in [0.717, 1.165) is 4.90 Å². The van der Waals surface area contributed by atoms with Crippen LogP contribution in [-0.2, 0) is 14.4 Å². The molecule has 0 unspecified atom stereocenters. The molecule has 2 amide bonds. The highest BCUT2D eigenvalue weighted by atomic mass is 16.7. The number of carbonyl (C=O) groups is 2. The van der Waals surface area contributed by atoms with Gasteiger partial charge in [0.25, 0.3) is 11.6 Å². The van der Waals surface area contributed by atoms with E-state index in [1.165, 1.54) is 12.1 Å². The second-order valence-corrected chi connectivity index (χ2v) is 6.15. The van der Waals surface area contributed by atoms with Crippen molar-refractivity contribution < 1.29 is 19.3 Å². The van der Waals surface area contributed by atoms with E-state index in [2.05, 4.69) is 5.16 Å². The number of anilines is 1. The summed E-state index contributed by atoms with van der Waals surface area (Å²) in [6.45, 7) is 0. The first kappa shape index (κ1) is 15.9. The Morgan fingerprint density at radius 3 is 2.38 bits per heavy atom. The monoisotopic (exact) mass is 351 g/mol. The van der Waals surface area contributed by atoms with Crippen molar-refractivity contribution in [2.45, 2.75) is 18.4 Å². The number of hydrogen-bond donors (Lipinski definition) is 0. The van der Waals surface area contributed by atoms with Crippen molar-refractivity contribution in [2.75, 3.05) is 4.90 Å². The number of para-hydroxylation sites is 1. The lowest BCUT2D eigenvalue weighted by Gasteiger charge is -2.19. The third-order valence-corrected chi connectivity index (χ3v) is 4.49. The van der Waals surface area contributed by atoms with Crippen LogP contribution in [0.3, 0.4) is 0 Å². The Bertz CT molecular complexity index is 939. The molecule has 0 aliphatic carbocycles. The Hall–Kier alpha value is -3.55. The summed E-state index contributed by atoms with van der Waals surface area (Å²) in [6.07, 6.45) is 0.0411. The molecule has 0 bridgehead atoms. The van der Waals surface area contributed by atoms with Crippen molar-refractivity contribution in [3.63, 3.8) is 0 Å². The zero-order chi connectivity index (χ0) is 18.3. The van der Waals surface area contributed by atoms with Gasteiger partial charge in [-0.05, 0) is 29.8 Å². The number of carbonyl (C=O) groups excluding carboxylic acids is 2. The minimum atomic E-state index is -1.34. The van der Waals surface area contributed by atoms with Crippen LogP contribution in [0.1, 0.15) is 18.4 Å². The van der Waals surface area contributed by atoms with Crippen LogP contribution in [0.25, 0.3) is 0 Å². The summed E-state index contributed by atoms with van der Waals surface area (Å²) in [7, 11) is 0. The molecule has 8 heteroatoms. The third-order valence-electron chi connectivity index (χ3n) is 4.49. The molecule has 1 atom stereocenters. The highest BCUT2D eigenvalue weighted by Crippen LogP contribution is 2.39. The molecule has 0 N–H and O–H groups in total. The lowest BCUT2D eigenvalue weighted by Crippen LogP contribution is -2.40. The van der Waals surface area contributed by atoms with Crippen molar-refractivity contribution in [1.82, 2.24) is 0 Å². The van der Waals surface area contributed by atoms with E-state index in [-0.39, 0.29) is 24.4 Å². The molecule has 2 heterocycles. The maximum absolute atomic E-state index is 12.9. The van der Waals surface area contributed by atoms with Gasteiger partial charge in [-0.2, -0.15) is 0 Å². The van der Waals surface area contributed by atoms with Crippen LogP contribution in [0.2, 0.25) is 0 Å². The SMILES string of the molecule is O=C1C[C@]2(CC(c3ccc([N+](=O)[O-])cc3)=NO2)C(=O)N1c1ccccc1.